The molecule has 0 aromatic heterocycles. The highest BCUT2D eigenvalue weighted by atomic mass is 16.5. The summed E-state index contributed by atoms with van der Waals surface area (Å²) in [5.41, 5.74) is 0. The van der Waals surface area contributed by atoms with E-state index in [0.29, 0.717) is 19.6 Å². The zero-order chi connectivity index (χ0) is 10.4. The van der Waals surface area contributed by atoms with Gasteiger partial charge in [0.1, 0.15) is 0 Å². The van der Waals surface area contributed by atoms with Gasteiger partial charge in [0.05, 0.1) is 19.1 Å². The second-order valence-electron chi connectivity index (χ2n) is 3.46. The zero-order valence-corrected chi connectivity index (χ0v) is 8.66. The van der Waals surface area contributed by atoms with Crippen molar-refractivity contribution in [1.82, 2.24) is 10.2 Å². The molecule has 0 radical (unpaired) electrons. The molecule has 1 fully saturated rings. The molecule has 1 aliphatic rings. The molecule has 1 N–H and O–H groups in total. The molecule has 1 heterocycles. The summed E-state index contributed by atoms with van der Waals surface area (Å²) in [6.45, 7) is 6.54. The third kappa shape index (κ3) is 3.47. The average molecular weight is 198 g/mol. The average Bonchev–Trinajstić information content (AvgIpc) is 2.19. The molecule has 1 rings (SSSR count). The molecule has 1 saturated heterocycles. The SMILES string of the molecule is C=CCN(C)C(=O)CC1CNCCO1. The molecule has 0 aromatic carbocycles. The van der Waals surface area contributed by atoms with Crippen molar-refractivity contribution in [3.63, 3.8) is 0 Å². The molecule has 0 aromatic rings. The fourth-order valence-corrected chi connectivity index (χ4v) is 1.40. The van der Waals surface area contributed by atoms with Crippen LogP contribution in [0, 0.1) is 0 Å². The van der Waals surface area contributed by atoms with Crippen molar-refractivity contribution in [2.45, 2.75) is 12.5 Å². The Morgan fingerprint density at radius 1 is 1.79 bits per heavy atom. The highest BCUT2D eigenvalue weighted by Gasteiger charge is 2.18. The minimum atomic E-state index is 0.0310. The van der Waals surface area contributed by atoms with Crippen molar-refractivity contribution in [3.8, 4) is 0 Å². The number of amides is 1. The van der Waals surface area contributed by atoms with Gasteiger partial charge in [0.15, 0.2) is 0 Å². The molecule has 0 aliphatic carbocycles. The van der Waals surface area contributed by atoms with Crippen LogP contribution in [0.3, 0.4) is 0 Å². The van der Waals surface area contributed by atoms with Crippen LogP contribution < -0.4 is 5.32 Å². The summed E-state index contributed by atoms with van der Waals surface area (Å²) in [6.07, 6.45) is 2.21. The van der Waals surface area contributed by atoms with Crippen molar-refractivity contribution in [2.24, 2.45) is 0 Å². The Hall–Kier alpha value is -0.870. The second-order valence-corrected chi connectivity index (χ2v) is 3.46. The molecule has 0 bridgehead atoms. The van der Waals surface area contributed by atoms with Crippen molar-refractivity contribution in [3.05, 3.63) is 12.7 Å². The molecule has 4 heteroatoms. The van der Waals surface area contributed by atoms with Gasteiger partial charge in [0, 0.05) is 26.7 Å². The number of nitrogens with zero attached hydrogens (tertiary/aromatic N) is 1. The number of morpholine rings is 1. The van der Waals surface area contributed by atoms with E-state index in [0.717, 1.165) is 13.1 Å². The van der Waals surface area contributed by atoms with E-state index < -0.39 is 0 Å². The van der Waals surface area contributed by atoms with E-state index >= 15 is 0 Å². The Bertz CT molecular complexity index is 200. The summed E-state index contributed by atoms with van der Waals surface area (Å²) >= 11 is 0. The largest absolute Gasteiger partial charge is 0.375 e. The molecule has 1 unspecified atom stereocenters. The lowest BCUT2D eigenvalue weighted by Gasteiger charge is -2.25. The van der Waals surface area contributed by atoms with E-state index in [-0.39, 0.29) is 12.0 Å². The monoisotopic (exact) mass is 198 g/mol. The molecule has 0 spiro atoms. The Labute approximate surface area is 84.9 Å². The summed E-state index contributed by atoms with van der Waals surface area (Å²) < 4.78 is 5.44. The summed E-state index contributed by atoms with van der Waals surface area (Å²) in [5, 5.41) is 3.20. The van der Waals surface area contributed by atoms with Crippen LogP contribution in [-0.4, -0.2) is 50.2 Å². The molecule has 14 heavy (non-hydrogen) atoms. The van der Waals surface area contributed by atoms with Gasteiger partial charge in [-0.3, -0.25) is 4.79 Å². The van der Waals surface area contributed by atoms with Gasteiger partial charge in [-0.25, -0.2) is 0 Å². The second kappa shape index (κ2) is 5.78. The maximum absolute atomic E-state index is 11.6. The fraction of sp³-hybridized carbons (Fsp3) is 0.700. The molecular weight excluding hydrogens is 180 g/mol. The first-order chi connectivity index (χ1) is 6.74. The lowest BCUT2D eigenvalue weighted by Crippen LogP contribution is -2.41. The lowest BCUT2D eigenvalue weighted by molar-refractivity contribution is -0.132. The first-order valence-electron chi connectivity index (χ1n) is 4.91. The van der Waals surface area contributed by atoms with Gasteiger partial charge in [-0.15, -0.1) is 6.58 Å². The molecule has 4 nitrogen and oxygen atoms in total. The van der Waals surface area contributed by atoms with Gasteiger partial charge >= 0.3 is 0 Å². The normalized spacial score (nSPS) is 21.6. The van der Waals surface area contributed by atoms with E-state index in [1.165, 1.54) is 0 Å². The van der Waals surface area contributed by atoms with Crippen LogP contribution in [0.4, 0.5) is 0 Å². The molecule has 1 amide bonds. The highest BCUT2D eigenvalue weighted by molar-refractivity contribution is 5.76. The number of hydrogen-bond donors (Lipinski definition) is 1. The summed E-state index contributed by atoms with van der Waals surface area (Å²) in [6, 6.07) is 0. The number of ether oxygens (including phenoxy) is 1. The van der Waals surface area contributed by atoms with Gasteiger partial charge < -0.3 is 15.0 Å². The number of likely N-dealkylation sites (N-methyl/N-ethyl adjacent to an activating group) is 1. The van der Waals surface area contributed by atoms with E-state index in [9.17, 15) is 4.79 Å². The summed E-state index contributed by atoms with van der Waals surface area (Å²) in [7, 11) is 1.78. The van der Waals surface area contributed by atoms with Gasteiger partial charge in [-0.2, -0.15) is 0 Å². The lowest BCUT2D eigenvalue weighted by atomic mass is 10.2. The van der Waals surface area contributed by atoms with Gasteiger partial charge in [0.2, 0.25) is 5.91 Å². The maximum Gasteiger partial charge on any atom is 0.225 e. The van der Waals surface area contributed by atoms with Gasteiger partial charge in [0.25, 0.3) is 0 Å². The highest BCUT2D eigenvalue weighted by Crippen LogP contribution is 2.03. The topological polar surface area (TPSA) is 41.6 Å². The van der Waals surface area contributed by atoms with Crippen molar-refractivity contribution < 1.29 is 9.53 Å². The van der Waals surface area contributed by atoms with Crippen molar-refractivity contribution in [1.29, 1.82) is 0 Å². The first-order valence-corrected chi connectivity index (χ1v) is 4.91. The van der Waals surface area contributed by atoms with Crippen LogP contribution in [0.2, 0.25) is 0 Å². The van der Waals surface area contributed by atoms with Crippen molar-refractivity contribution in [2.75, 3.05) is 33.3 Å². The smallest absolute Gasteiger partial charge is 0.225 e. The van der Waals surface area contributed by atoms with E-state index in [1.807, 2.05) is 0 Å². The number of nitrogens with one attached hydrogen (secondary N) is 1. The van der Waals surface area contributed by atoms with Crippen LogP contribution >= 0.6 is 0 Å². The Balaban J connectivity index is 2.27. The third-order valence-electron chi connectivity index (χ3n) is 2.24. The third-order valence-corrected chi connectivity index (χ3v) is 2.24. The minimum Gasteiger partial charge on any atom is -0.375 e. The molecule has 0 saturated carbocycles. The molecule has 1 aliphatic heterocycles. The van der Waals surface area contributed by atoms with Crippen LogP contribution in [0.15, 0.2) is 12.7 Å². The Morgan fingerprint density at radius 3 is 3.14 bits per heavy atom. The quantitative estimate of drug-likeness (QED) is 0.647. The standard InChI is InChI=1S/C10H18N2O2/c1-3-5-12(2)10(13)7-9-8-11-4-6-14-9/h3,9,11H,1,4-8H2,2H3. The van der Waals surface area contributed by atoms with E-state index in [2.05, 4.69) is 11.9 Å². The summed E-state index contributed by atoms with van der Waals surface area (Å²) in [4.78, 5) is 13.2. The number of carbonyl (C=O) groups excluding carboxylic acids is 1. The molecule has 80 valence electrons. The van der Waals surface area contributed by atoms with Gasteiger partial charge in [-0.05, 0) is 0 Å². The zero-order valence-electron chi connectivity index (χ0n) is 8.66. The van der Waals surface area contributed by atoms with Crippen molar-refractivity contribution >= 4 is 5.91 Å². The Morgan fingerprint density at radius 2 is 2.57 bits per heavy atom. The Kier molecular flexibility index (Phi) is 4.62. The maximum atomic E-state index is 11.6. The summed E-state index contributed by atoms with van der Waals surface area (Å²) in [5.74, 6) is 0.110. The first kappa shape index (κ1) is 11.2. The van der Waals surface area contributed by atoms with Crippen LogP contribution in [0.5, 0.6) is 0 Å². The van der Waals surface area contributed by atoms with Crippen LogP contribution in [0.1, 0.15) is 6.42 Å². The van der Waals surface area contributed by atoms with Gasteiger partial charge in [-0.1, -0.05) is 6.08 Å². The number of carbonyl (C=O) groups is 1. The van der Waals surface area contributed by atoms with Crippen LogP contribution in [-0.2, 0) is 9.53 Å². The fourth-order valence-electron chi connectivity index (χ4n) is 1.40. The van der Waals surface area contributed by atoms with E-state index in [4.69, 9.17) is 4.74 Å². The number of hydrogen-bond acceptors (Lipinski definition) is 3. The molecular formula is C10H18N2O2. The number of rotatable bonds is 4. The predicted octanol–water partition coefficient (Wildman–Crippen LogP) is 0.00930. The minimum absolute atomic E-state index is 0.0310. The molecule has 1 atom stereocenters. The predicted molar refractivity (Wildman–Crippen MR) is 55.1 cm³/mol. The van der Waals surface area contributed by atoms with E-state index in [1.54, 1.807) is 18.0 Å². The van der Waals surface area contributed by atoms with Crippen LogP contribution in [0.25, 0.3) is 0 Å².